The van der Waals surface area contributed by atoms with E-state index in [0.717, 1.165) is 28.2 Å². The maximum atomic E-state index is 14.2. The van der Waals surface area contributed by atoms with Crippen molar-refractivity contribution in [1.29, 1.82) is 0 Å². The minimum atomic E-state index is -0.724. The molecule has 7 heteroatoms. The van der Waals surface area contributed by atoms with Crippen LogP contribution < -0.4 is 9.80 Å². The van der Waals surface area contributed by atoms with Gasteiger partial charge in [0.05, 0.1) is 31.9 Å². The van der Waals surface area contributed by atoms with Gasteiger partial charge in [-0.3, -0.25) is 9.69 Å². The van der Waals surface area contributed by atoms with Crippen molar-refractivity contribution in [3.63, 3.8) is 0 Å². The zero-order valence-corrected chi connectivity index (χ0v) is 16.9. The standard InChI is InChI=1S/C22H19F2N3OS/c1-26(2)10-11-27(22-25-20-18(24)12-15(23)13-19(20)29-22)21(28)17-9-5-7-14-6-3-4-8-16(14)17/h3-9,12-13H,10-11H2,1-2H3/p+1. The monoisotopic (exact) mass is 412 g/mol. The van der Waals surface area contributed by atoms with Crippen LogP contribution in [0.15, 0.2) is 54.6 Å². The largest absolute Gasteiger partial charge is 0.338 e. The molecule has 0 atom stereocenters. The van der Waals surface area contributed by atoms with Crippen LogP contribution in [0.2, 0.25) is 0 Å². The lowest BCUT2D eigenvalue weighted by Gasteiger charge is -2.21. The summed E-state index contributed by atoms with van der Waals surface area (Å²) < 4.78 is 28.2. The number of benzene rings is 3. The minimum Gasteiger partial charge on any atom is -0.338 e. The molecule has 3 aromatic carbocycles. The van der Waals surface area contributed by atoms with Crippen LogP contribution in [0.1, 0.15) is 10.4 Å². The highest BCUT2D eigenvalue weighted by Gasteiger charge is 2.24. The number of carbonyl (C=O) groups is 1. The number of nitrogens with one attached hydrogen (secondary N) is 1. The Balaban J connectivity index is 1.81. The lowest BCUT2D eigenvalue weighted by Crippen LogP contribution is -3.06. The summed E-state index contributed by atoms with van der Waals surface area (Å²) in [6, 6.07) is 15.3. The number of amides is 1. The van der Waals surface area contributed by atoms with E-state index in [1.54, 1.807) is 11.0 Å². The zero-order valence-electron chi connectivity index (χ0n) is 16.1. The molecule has 4 nitrogen and oxygen atoms in total. The molecule has 0 spiro atoms. The predicted molar refractivity (Wildman–Crippen MR) is 113 cm³/mol. The first-order valence-corrected chi connectivity index (χ1v) is 10.1. The second kappa shape index (κ2) is 7.85. The van der Waals surface area contributed by atoms with E-state index in [-0.39, 0.29) is 11.4 Å². The SMILES string of the molecule is C[NH+](C)CCN(C(=O)c1cccc2ccccc12)c1nc2c(F)cc(F)cc2s1. The van der Waals surface area contributed by atoms with E-state index < -0.39 is 11.6 Å². The lowest BCUT2D eigenvalue weighted by atomic mass is 10.0. The van der Waals surface area contributed by atoms with Gasteiger partial charge in [0.2, 0.25) is 0 Å². The third-order valence-corrected chi connectivity index (χ3v) is 5.76. The van der Waals surface area contributed by atoms with E-state index in [9.17, 15) is 13.6 Å². The first kappa shape index (κ1) is 19.4. The second-order valence-electron chi connectivity index (χ2n) is 7.17. The molecular weight excluding hydrogens is 392 g/mol. The number of hydrogen-bond donors (Lipinski definition) is 1. The number of quaternary nitrogens is 1. The van der Waals surface area contributed by atoms with Gasteiger partial charge in [-0.2, -0.15) is 0 Å². The van der Waals surface area contributed by atoms with Gasteiger partial charge in [-0.1, -0.05) is 47.7 Å². The smallest absolute Gasteiger partial charge is 0.260 e. The average Bonchev–Trinajstić information content (AvgIpc) is 3.11. The molecular formula is C22H20F2N3OS+. The predicted octanol–water partition coefficient (Wildman–Crippen LogP) is 3.52. The summed E-state index contributed by atoms with van der Waals surface area (Å²) in [5, 5.41) is 2.18. The third kappa shape index (κ3) is 3.83. The Morgan fingerprint density at radius 1 is 1.10 bits per heavy atom. The van der Waals surface area contributed by atoms with Crippen molar-refractivity contribution in [3.8, 4) is 0 Å². The zero-order chi connectivity index (χ0) is 20.5. The molecule has 0 aliphatic carbocycles. The number of anilines is 1. The van der Waals surface area contributed by atoms with Gasteiger partial charge in [-0.15, -0.1) is 0 Å². The van der Waals surface area contributed by atoms with Crippen LogP contribution in [0.3, 0.4) is 0 Å². The number of likely N-dealkylation sites (N-methyl/N-ethyl adjacent to an activating group) is 1. The third-order valence-electron chi connectivity index (χ3n) is 4.73. The molecule has 4 rings (SSSR count). The number of nitrogens with zero attached hydrogens (tertiary/aromatic N) is 2. The first-order valence-electron chi connectivity index (χ1n) is 9.28. The van der Waals surface area contributed by atoms with Crippen LogP contribution >= 0.6 is 11.3 Å². The maximum Gasteiger partial charge on any atom is 0.260 e. The Morgan fingerprint density at radius 3 is 2.66 bits per heavy atom. The van der Waals surface area contributed by atoms with Crippen LogP contribution in [0.5, 0.6) is 0 Å². The highest BCUT2D eigenvalue weighted by atomic mass is 32.1. The highest BCUT2D eigenvalue weighted by molar-refractivity contribution is 7.22. The van der Waals surface area contributed by atoms with Gasteiger partial charge in [-0.25, -0.2) is 13.8 Å². The fraction of sp³-hybridized carbons (Fsp3) is 0.182. The number of carbonyl (C=O) groups excluding carboxylic acids is 1. The molecule has 1 amide bonds. The van der Waals surface area contributed by atoms with Gasteiger partial charge >= 0.3 is 0 Å². The summed E-state index contributed by atoms with van der Waals surface area (Å²) in [5.74, 6) is -1.59. The number of rotatable bonds is 5. The van der Waals surface area contributed by atoms with Crippen LogP contribution in [-0.2, 0) is 0 Å². The number of thiazole rings is 1. The van der Waals surface area contributed by atoms with E-state index in [4.69, 9.17) is 0 Å². The molecule has 0 saturated heterocycles. The summed E-state index contributed by atoms with van der Waals surface area (Å²) in [4.78, 5) is 20.6. The molecule has 148 valence electrons. The summed E-state index contributed by atoms with van der Waals surface area (Å²) in [7, 11) is 3.99. The fourth-order valence-electron chi connectivity index (χ4n) is 3.24. The van der Waals surface area contributed by atoms with Crippen molar-refractivity contribution in [3.05, 3.63) is 71.8 Å². The van der Waals surface area contributed by atoms with Gasteiger partial charge in [0.25, 0.3) is 5.91 Å². The molecule has 1 heterocycles. The van der Waals surface area contributed by atoms with Gasteiger partial charge in [0.1, 0.15) is 11.3 Å². The highest BCUT2D eigenvalue weighted by Crippen LogP contribution is 2.32. The van der Waals surface area contributed by atoms with E-state index in [1.165, 1.54) is 11.0 Å². The molecule has 0 radical (unpaired) electrons. The molecule has 0 bridgehead atoms. The summed E-state index contributed by atoms with van der Waals surface area (Å²) in [5.41, 5.74) is 0.641. The molecule has 1 N–H and O–H groups in total. The van der Waals surface area contributed by atoms with Crippen molar-refractivity contribution in [2.45, 2.75) is 0 Å². The quantitative estimate of drug-likeness (QED) is 0.545. The van der Waals surface area contributed by atoms with Crippen molar-refractivity contribution in [2.24, 2.45) is 0 Å². The van der Waals surface area contributed by atoms with Crippen molar-refractivity contribution in [1.82, 2.24) is 4.98 Å². The van der Waals surface area contributed by atoms with Crippen LogP contribution in [0.25, 0.3) is 21.0 Å². The number of hydrogen-bond acceptors (Lipinski definition) is 3. The van der Waals surface area contributed by atoms with Gasteiger partial charge in [0.15, 0.2) is 10.9 Å². The van der Waals surface area contributed by atoms with E-state index >= 15 is 0 Å². The molecule has 0 aliphatic heterocycles. The van der Waals surface area contributed by atoms with E-state index in [0.29, 0.717) is 28.5 Å². The topological polar surface area (TPSA) is 37.6 Å². The summed E-state index contributed by atoms with van der Waals surface area (Å²) in [6.07, 6.45) is 0. The van der Waals surface area contributed by atoms with Crippen molar-refractivity contribution >= 4 is 43.4 Å². The lowest BCUT2D eigenvalue weighted by molar-refractivity contribution is -0.856. The Hall–Kier alpha value is -2.90. The fourth-order valence-corrected chi connectivity index (χ4v) is 4.27. The Bertz CT molecular complexity index is 1200. The normalized spacial score (nSPS) is 11.5. The van der Waals surface area contributed by atoms with E-state index in [2.05, 4.69) is 4.98 Å². The Morgan fingerprint density at radius 2 is 1.86 bits per heavy atom. The first-order chi connectivity index (χ1) is 13.9. The maximum absolute atomic E-state index is 14.2. The number of aromatic nitrogens is 1. The van der Waals surface area contributed by atoms with Crippen molar-refractivity contribution in [2.75, 3.05) is 32.1 Å². The molecule has 29 heavy (non-hydrogen) atoms. The molecule has 0 saturated carbocycles. The van der Waals surface area contributed by atoms with Gasteiger partial charge < -0.3 is 4.90 Å². The molecule has 4 aromatic rings. The number of fused-ring (bicyclic) bond motifs is 2. The second-order valence-corrected chi connectivity index (χ2v) is 8.18. The minimum absolute atomic E-state index is 0.0827. The van der Waals surface area contributed by atoms with Gasteiger partial charge in [-0.05, 0) is 22.9 Å². The molecule has 0 fully saturated rings. The van der Waals surface area contributed by atoms with Crippen LogP contribution in [-0.4, -0.2) is 38.1 Å². The molecule has 1 aromatic heterocycles. The van der Waals surface area contributed by atoms with Crippen molar-refractivity contribution < 1.29 is 18.5 Å². The van der Waals surface area contributed by atoms with Crippen LogP contribution in [0.4, 0.5) is 13.9 Å². The Kier molecular flexibility index (Phi) is 5.25. The Labute approximate surface area is 171 Å². The van der Waals surface area contributed by atoms with Crippen LogP contribution in [0, 0.1) is 11.6 Å². The summed E-state index contributed by atoms with van der Waals surface area (Å²) in [6.45, 7) is 1.09. The van der Waals surface area contributed by atoms with Gasteiger partial charge in [0, 0.05) is 11.6 Å². The average molecular weight is 412 g/mol. The molecule has 0 unspecified atom stereocenters. The molecule has 0 aliphatic rings. The summed E-state index contributed by atoms with van der Waals surface area (Å²) >= 11 is 1.12. The number of halogens is 2. The van der Waals surface area contributed by atoms with E-state index in [1.807, 2.05) is 50.5 Å².